The van der Waals surface area contributed by atoms with Crippen LogP contribution < -0.4 is 0 Å². The van der Waals surface area contributed by atoms with Gasteiger partial charge >= 0.3 is 17.7 Å². The van der Waals surface area contributed by atoms with E-state index in [0.29, 0.717) is 0 Å². The fourth-order valence-corrected chi connectivity index (χ4v) is 1.42. The third-order valence-corrected chi connectivity index (χ3v) is 2.54. The topological polar surface area (TPSA) is 111 Å². The molecule has 0 amide bonds. The zero-order chi connectivity index (χ0) is 17.2. The molecule has 0 spiro atoms. The van der Waals surface area contributed by atoms with E-state index >= 15 is 0 Å². The molecule has 1 aromatic heterocycles. The first kappa shape index (κ1) is 17.7. The van der Waals surface area contributed by atoms with Gasteiger partial charge < -0.3 is 9.84 Å². The second kappa shape index (κ2) is 8.83. The number of aromatic nitrogens is 1. The van der Waals surface area contributed by atoms with Crippen LogP contribution in [0.1, 0.15) is 20.7 Å². The van der Waals surface area contributed by atoms with Gasteiger partial charge in [0.05, 0.1) is 12.7 Å². The summed E-state index contributed by atoms with van der Waals surface area (Å²) in [5, 5.41) is 8.35. The lowest BCUT2D eigenvalue weighted by molar-refractivity contribution is -0.146. The Morgan fingerprint density at radius 1 is 0.913 bits per heavy atom. The van der Waals surface area contributed by atoms with Crippen LogP contribution in [-0.2, 0) is 14.3 Å². The SMILES string of the molecule is COC(=O)c1ccc(C(=O)C(=O)C(=O)O)cc1.c1ccncc1. The van der Waals surface area contributed by atoms with Crippen LogP contribution in [0.2, 0.25) is 0 Å². The Bertz CT molecular complexity index is 668. The van der Waals surface area contributed by atoms with Crippen molar-refractivity contribution in [3.8, 4) is 0 Å². The van der Waals surface area contributed by atoms with Crippen molar-refractivity contribution in [3.63, 3.8) is 0 Å². The number of carboxylic acids is 1. The standard InChI is InChI=1S/C11H8O6.C5H5N/c1-17-11(16)7-4-2-6(3-5-7)8(12)9(13)10(14)15;1-2-4-6-5-3-1/h2-5H,1H3,(H,14,15);1-5H. The second-order valence-corrected chi connectivity index (χ2v) is 4.06. The molecular weight excluding hydrogens is 302 g/mol. The number of rotatable bonds is 4. The highest BCUT2D eigenvalue weighted by Gasteiger charge is 2.23. The summed E-state index contributed by atoms with van der Waals surface area (Å²) < 4.78 is 4.44. The molecule has 1 N–H and O–H groups in total. The highest BCUT2D eigenvalue weighted by atomic mass is 16.5. The van der Waals surface area contributed by atoms with Gasteiger partial charge in [-0.2, -0.15) is 0 Å². The molecule has 0 aliphatic carbocycles. The average Bonchev–Trinajstić information content (AvgIpc) is 2.61. The molecule has 118 valence electrons. The Balaban J connectivity index is 0.000000366. The fraction of sp³-hybridized carbons (Fsp3) is 0.0625. The summed E-state index contributed by atoms with van der Waals surface area (Å²) in [5.41, 5.74) is 0.108. The summed E-state index contributed by atoms with van der Waals surface area (Å²) in [5.74, 6) is -5.05. The van der Waals surface area contributed by atoms with Crippen LogP contribution in [0.5, 0.6) is 0 Å². The number of nitrogens with zero attached hydrogens (tertiary/aromatic N) is 1. The molecule has 0 atom stereocenters. The normalized spacial score (nSPS) is 9.09. The summed E-state index contributed by atoms with van der Waals surface area (Å²) >= 11 is 0. The van der Waals surface area contributed by atoms with Crippen LogP contribution >= 0.6 is 0 Å². The Hall–Kier alpha value is -3.35. The van der Waals surface area contributed by atoms with E-state index in [2.05, 4.69) is 9.72 Å². The van der Waals surface area contributed by atoms with Gasteiger partial charge in [-0.25, -0.2) is 9.59 Å². The summed E-state index contributed by atoms with van der Waals surface area (Å²) in [6.45, 7) is 0. The van der Waals surface area contributed by atoms with Crippen LogP contribution in [0.15, 0.2) is 54.9 Å². The number of esters is 1. The van der Waals surface area contributed by atoms with Gasteiger partial charge in [-0.15, -0.1) is 0 Å². The first-order valence-electron chi connectivity index (χ1n) is 6.32. The van der Waals surface area contributed by atoms with E-state index in [-0.39, 0.29) is 11.1 Å². The predicted molar refractivity (Wildman–Crippen MR) is 79.0 cm³/mol. The minimum Gasteiger partial charge on any atom is -0.475 e. The number of carboxylic acid groups (broad SMARTS) is 1. The van der Waals surface area contributed by atoms with Crippen molar-refractivity contribution in [2.75, 3.05) is 7.11 Å². The Morgan fingerprint density at radius 3 is 1.78 bits per heavy atom. The van der Waals surface area contributed by atoms with E-state index in [1.165, 1.54) is 31.4 Å². The molecule has 2 rings (SSSR count). The quantitative estimate of drug-likeness (QED) is 0.393. The number of Topliss-reactive ketones (excluding diaryl/α,β-unsaturated/α-hetero) is 2. The molecule has 0 aliphatic rings. The van der Waals surface area contributed by atoms with E-state index in [0.717, 1.165) is 0 Å². The largest absolute Gasteiger partial charge is 0.475 e. The van der Waals surface area contributed by atoms with Crippen LogP contribution in [-0.4, -0.2) is 40.7 Å². The zero-order valence-corrected chi connectivity index (χ0v) is 12.1. The fourth-order valence-electron chi connectivity index (χ4n) is 1.42. The molecule has 1 aromatic carbocycles. The van der Waals surface area contributed by atoms with Crippen LogP contribution in [0.3, 0.4) is 0 Å². The number of carbonyl (C=O) groups is 4. The predicted octanol–water partition coefficient (Wildman–Crippen LogP) is 1.39. The molecule has 7 heteroatoms. The van der Waals surface area contributed by atoms with Crippen molar-refractivity contribution in [2.24, 2.45) is 0 Å². The van der Waals surface area contributed by atoms with Gasteiger partial charge in [0.25, 0.3) is 0 Å². The minimum atomic E-state index is -1.81. The van der Waals surface area contributed by atoms with Gasteiger partial charge in [0.15, 0.2) is 0 Å². The number of hydrogen-bond acceptors (Lipinski definition) is 6. The summed E-state index contributed by atoms with van der Waals surface area (Å²) in [6.07, 6.45) is 3.50. The second-order valence-electron chi connectivity index (χ2n) is 4.06. The molecule has 0 radical (unpaired) electrons. The van der Waals surface area contributed by atoms with Gasteiger partial charge in [-0.1, -0.05) is 18.2 Å². The number of benzene rings is 1. The van der Waals surface area contributed by atoms with Crippen molar-refractivity contribution in [3.05, 3.63) is 66.0 Å². The van der Waals surface area contributed by atoms with Crippen molar-refractivity contribution < 1.29 is 29.0 Å². The third-order valence-electron chi connectivity index (χ3n) is 2.54. The number of methoxy groups -OCH3 is 1. The van der Waals surface area contributed by atoms with Crippen molar-refractivity contribution in [2.45, 2.75) is 0 Å². The van der Waals surface area contributed by atoms with E-state index in [4.69, 9.17) is 5.11 Å². The smallest absolute Gasteiger partial charge is 0.380 e. The molecule has 0 saturated heterocycles. The minimum absolute atomic E-state index is 0.0925. The van der Waals surface area contributed by atoms with Crippen LogP contribution in [0.4, 0.5) is 0 Å². The van der Waals surface area contributed by atoms with Gasteiger partial charge in [-0.3, -0.25) is 14.6 Å². The first-order valence-corrected chi connectivity index (χ1v) is 6.32. The molecule has 0 saturated carbocycles. The monoisotopic (exact) mass is 315 g/mol. The van der Waals surface area contributed by atoms with Gasteiger partial charge in [0.1, 0.15) is 0 Å². The number of ketones is 2. The molecule has 0 unspecified atom stereocenters. The zero-order valence-electron chi connectivity index (χ0n) is 12.1. The van der Waals surface area contributed by atoms with Crippen molar-refractivity contribution in [1.82, 2.24) is 4.98 Å². The van der Waals surface area contributed by atoms with E-state index in [1.54, 1.807) is 12.4 Å². The lowest BCUT2D eigenvalue weighted by Gasteiger charge is -2.00. The number of ether oxygens (including phenoxy) is 1. The molecule has 7 nitrogen and oxygen atoms in total. The van der Waals surface area contributed by atoms with Gasteiger partial charge in [0, 0.05) is 18.0 Å². The summed E-state index contributed by atoms with van der Waals surface area (Å²) in [4.78, 5) is 47.3. The number of carbonyl (C=O) groups excluding carboxylic acids is 3. The van der Waals surface area contributed by atoms with E-state index < -0.39 is 23.5 Å². The lowest BCUT2D eigenvalue weighted by atomic mass is 10.1. The Morgan fingerprint density at radius 2 is 1.43 bits per heavy atom. The average molecular weight is 315 g/mol. The molecule has 1 heterocycles. The molecule has 0 bridgehead atoms. The molecule has 23 heavy (non-hydrogen) atoms. The maximum atomic E-state index is 11.3. The lowest BCUT2D eigenvalue weighted by Crippen LogP contribution is -2.23. The summed E-state index contributed by atoms with van der Waals surface area (Å²) in [7, 11) is 1.20. The van der Waals surface area contributed by atoms with E-state index in [1.807, 2.05) is 18.2 Å². The number of aliphatic carboxylic acids is 1. The van der Waals surface area contributed by atoms with Crippen molar-refractivity contribution >= 4 is 23.5 Å². The molecule has 0 fully saturated rings. The first-order chi connectivity index (χ1) is 11.0. The number of pyridine rings is 1. The van der Waals surface area contributed by atoms with Crippen LogP contribution in [0.25, 0.3) is 0 Å². The van der Waals surface area contributed by atoms with Gasteiger partial charge in [0.2, 0.25) is 5.78 Å². The highest BCUT2D eigenvalue weighted by Crippen LogP contribution is 2.07. The van der Waals surface area contributed by atoms with Gasteiger partial charge in [-0.05, 0) is 24.3 Å². The summed E-state index contributed by atoms with van der Waals surface area (Å²) in [6, 6.07) is 10.6. The van der Waals surface area contributed by atoms with Crippen molar-refractivity contribution in [1.29, 1.82) is 0 Å². The molecule has 2 aromatic rings. The molecular formula is C16H13NO6. The molecule has 0 aliphatic heterocycles. The third kappa shape index (κ3) is 5.50. The van der Waals surface area contributed by atoms with Crippen LogP contribution in [0, 0.1) is 0 Å². The Kier molecular flexibility index (Phi) is 6.80. The van der Waals surface area contributed by atoms with E-state index in [9.17, 15) is 19.2 Å². The highest BCUT2D eigenvalue weighted by molar-refractivity contribution is 6.65. The maximum Gasteiger partial charge on any atom is 0.380 e. The maximum absolute atomic E-state index is 11.3. The number of hydrogen-bond donors (Lipinski definition) is 1. The Labute approximate surface area is 131 Å².